The van der Waals surface area contributed by atoms with Crippen molar-refractivity contribution < 1.29 is 97.4 Å². The van der Waals surface area contributed by atoms with E-state index in [0.717, 1.165) is 5.56 Å². The Morgan fingerprint density at radius 3 is 1.38 bits per heavy atom. The van der Waals surface area contributed by atoms with Gasteiger partial charge in [-0.2, -0.15) is 9.55 Å². The molecule has 0 bridgehead atoms. The number of benzene rings is 1. The fourth-order valence-electron chi connectivity index (χ4n) is 13.8. The Bertz CT molecular complexity index is 3330. The molecule has 11 unspecified atom stereocenters. The Morgan fingerprint density at radius 2 is 0.928 bits per heavy atom. The van der Waals surface area contributed by atoms with Gasteiger partial charge >= 0.3 is 30.2 Å². The summed E-state index contributed by atoms with van der Waals surface area (Å²) < 4.78 is 97.6. The highest BCUT2D eigenvalue weighted by atomic mass is 32.2. The van der Waals surface area contributed by atoms with Crippen molar-refractivity contribution >= 4 is 67.7 Å². The van der Waals surface area contributed by atoms with Gasteiger partial charge in [-0.25, -0.2) is 16.8 Å². The number of pyridine rings is 1. The fourth-order valence-corrected chi connectivity index (χ4v) is 14.9. The number of carbonyl (C=O) groups excluding carboxylic acids is 8. The number of hydrogen-bond donors (Lipinski definition) is 4. The van der Waals surface area contributed by atoms with E-state index < -0.39 is 142 Å². The van der Waals surface area contributed by atoms with E-state index in [1.807, 2.05) is 44.2 Å². The lowest BCUT2D eigenvalue weighted by Crippen LogP contribution is -2.48. The van der Waals surface area contributed by atoms with Crippen molar-refractivity contribution in [3.8, 4) is 0 Å². The third kappa shape index (κ3) is 25.7. The molecule has 1 aromatic carbocycles. The molecule has 3 rings (SSSR count). The number of nitrogens with one attached hydrogen (secondary N) is 5. The molecule has 4 amide bonds. The van der Waals surface area contributed by atoms with Crippen LogP contribution in [0.5, 0.6) is 0 Å². The van der Waals surface area contributed by atoms with Gasteiger partial charge in [-0.05, 0) is 162 Å². The predicted molar refractivity (Wildman–Crippen MR) is 358 cm³/mol. The minimum atomic E-state index is -4.77. The summed E-state index contributed by atoms with van der Waals surface area (Å²) in [5.74, 6) is -12.0. The molecular weight excluding hydrogens is 1290 g/mol. The van der Waals surface area contributed by atoms with E-state index in [0.29, 0.717) is 11.3 Å². The monoisotopic (exact) mass is 1400 g/mol. The number of aromatic amines is 1. The Kier molecular flexibility index (Phi) is 33.4. The molecule has 0 fully saturated rings. The summed E-state index contributed by atoms with van der Waals surface area (Å²) in [6.07, 6.45) is 5.18. The number of H-pyrrole nitrogens is 1. The summed E-state index contributed by atoms with van der Waals surface area (Å²) in [6, 6.07) is 14.4. The van der Waals surface area contributed by atoms with E-state index >= 15 is 9.59 Å². The molecule has 97 heavy (non-hydrogen) atoms. The van der Waals surface area contributed by atoms with Gasteiger partial charge in [0.05, 0.1) is 55.2 Å². The van der Waals surface area contributed by atoms with Crippen LogP contribution in [0, 0.1) is 45.3 Å². The Morgan fingerprint density at radius 1 is 0.505 bits per heavy atom. The van der Waals surface area contributed by atoms with Crippen LogP contribution in [0.3, 0.4) is 0 Å². The van der Waals surface area contributed by atoms with Crippen molar-refractivity contribution in [2.75, 3.05) is 52.6 Å². The average Bonchev–Trinajstić information content (AvgIpc) is 0.801. The number of esters is 4. The maximum Gasteiger partial charge on any atom is 0.406 e. The quantitative estimate of drug-likeness (QED) is 0.0202. The average molecular weight is 1400 g/mol. The third-order valence-electron chi connectivity index (χ3n) is 18.6. The molecule has 2 aromatic heterocycles. The van der Waals surface area contributed by atoms with E-state index in [-0.39, 0.29) is 123 Å². The van der Waals surface area contributed by atoms with Crippen LogP contribution >= 0.6 is 0 Å². The molecule has 0 saturated heterocycles. The number of aromatic nitrogens is 3. The molecule has 11 atom stereocenters. The Labute approximate surface area is 575 Å². The Hall–Kier alpha value is -6.97. The molecule has 25 nitrogen and oxygen atoms in total. The molecule has 0 aliphatic carbocycles. The molecule has 0 radical (unpaired) electrons. The van der Waals surface area contributed by atoms with Gasteiger partial charge in [0.2, 0.25) is 35.4 Å². The number of ether oxygens (including phenoxy) is 4. The normalized spacial score (nSPS) is 16.8. The Balaban J connectivity index is 2.38. The van der Waals surface area contributed by atoms with Crippen LogP contribution in [-0.4, -0.2) is 126 Å². The number of rotatable bonds is 44. The topological polar surface area (TPSA) is 358 Å². The van der Waals surface area contributed by atoms with Crippen molar-refractivity contribution in [3.63, 3.8) is 0 Å². The zero-order valence-corrected chi connectivity index (χ0v) is 61.4. The molecule has 3 aromatic rings. The van der Waals surface area contributed by atoms with Crippen LogP contribution < -0.4 is 35.4 Å². The lowest BCUT2D eigenvalue weighted by Gasteiger charge is -2.40. The molecular formula is C70H110N7O18S2+. The van der Waals surface area contributed by atoms with Crippen LogP contribution in [-0.2, 0) is 94.7 Å². The number of hydrogen-bond acceptors (Lipinski definition) is 18. The van der Waals surface area contributed by atoms with Gasteiger partial charge in [0, 0.05) is 66.9 Å². The first-order valence-corrected chi connectivity index (χ1v) is 37.2. The zero-order chi connectivity index (χ0) is 73.2. The molecule has 0 aliphatic rings. The van der Waals surface area contributed by atoms with Crippen molar-refractivity contribution in [2.24, 2.45) is 45.3 Å². The molecule has 0 saturated carbocycles. The predicted octanol–water partition coefficient (Wildman–Crippen LogP) is 6.52. The standard InChI is InChI=1S/C70H109N7O18S2/c1-16-66(11,64(84)94-23-8)42-54(60(80)92-21-6)43-69(14,63(83)75-20-5)40-53(59(79)73-18-3)41-70(15,65(85)95-24-9)45-55(61(81)93-22-7)44-68(13,62(82)74-19-4)39-52(58(78)72-17-2)36-51(50-28-26-25-27-29-50)38-67(12,56-31-34-76(35-32-56)47-96(86,87)88)37-49(10)57-30-33-71-46-77(57)48-97(89,90)91/h25-35,46,49,51-55H,16-24,36-45,47-48H2,1-15H3,(H4-2,72,73,74,75,78,79,82,83,86,87,88,89,90,91)/p+1. The van der Waals surface area contributed by atoms with Gasteiger partial charge in [0.25, 0.3) is 0 Å². The van der Waals surface area contributed by atoms with Gasteiger partial charge in [0.15, 0.2) is 44.5 Å². The van der Waals surface area contributed by atoms with Crippen molar-refractivity contribution in [1.29, 1.82) is 0 Å². The van der Waals surface area contributed by atoms with E-state index in [1.165, 1.54) is 27.9 Å². The first-order chi connectivity index (χ1) is 45.4. The minimum Gasteiger partial charge on any atom is -0.743 e. The fraction of sp³-hybridized carbons (Fsp3) is 0.671. The molecule has 544 valence electrons. The molecule has 0 aliphatic heterocycles. The van der Waals surface area contributed by atoms with Gasteiger partial charge < -0.3 is 49.3 Å². The first-order valence-electron chi connectivity index (χ1n) is 34.0. The van der Waals surface area contributed by atoms with E-state index in [2.05, 4.69) is 26.3 Å². The second kappa shape index (κ2) is 38.4. The number of amides is 4. The second-order valence-electron chi connectivity index (χ2n) is 27.0. The summed E-state index contributed by atoms with van der Waals surface area (Å²) in [7, 11) is -9.47. The van der Waals surface area contributed by atoms with E-state index in [9.17, 15) is 54.7 Å². The van der Waals surface area contributed by atoms with Crippen molar-refractivity contribution in [3.05, 3.63) is 90.3 Å². The lowest BCUT2D eigenvalue weighted by molar-refractivity contribution is -0.739. The third-order valence-corrected chi connectivity index (χ3v) is 19.8. The van der Waals surface area contributed by atoms with Crippen LogP contribution in [0.2, 0.25) is 0 Å². The number of nitrogens with zero attached hydrogens (tertiary/aromatic N) is 2. The largest absolute Gasteiger partial charge is 0.743 e. The maximum atomic E-state index is 15.2. The van der Waals surface area contributed by atoms with Gasteiger partial charge in [-0.1, -0.05) is 65.0 Å². The van der Waals surface area contributed by atoms with E-state index in [1.54, 1.807) is 114 Å². The zero-order valence-electron chi connectivity index (χ0n) is 59.8. The van der Waals surface area contributed by atoms with Gasteiger partial charge in [0.1, 0.15) is 0 Å². The summed E-state index contributed by atoms with van der Waals surface area (Å²) in [5.41, 5.74) is -5.05. The summed E-state index contributed by atoms with van der Waals surface area (Å²) in [5, 5.41) is 11.7. The molecule has 2 heterocycles. The van der Waals surface area contributed by atoms with Crippen LogP contribution in [0.25, 0.3) is 0 Å². The second-order valence-corrected chi connectivity index (χ2v) is 29.7. The van der Waals surface area contributed by atoms with Crippen LogP contribution in [0.15, 0.2) is 73.4 Å². The highest BCUT2D eigenvalue weighted by Gasteiger charge is 2.51. The maximum absolute atomic E-state index is 15.2. The molecule has 0 spiro atoms. The van der Waals surface area contributed by atoms with Gasteiger partial charge in [-0.3, -0.25) is 38.4 Å². The molecule has 27 heteroatoms. The van der Waals surface area contributed by atoms with Crippen LogP contribution in [0.1, 0.15) is 203 Å². The smallest absolute Gasteiger partial charge is 0.406 e. The van der Waals surface area contributed by atoms with Gasteiger partial charge in [-0.15, -0.1) is 4.57 Å². The minimum absolute atomic E-state index is 0.00294. The first kappa shape index (κ1) is 84.3. The van der Waals surface area contributed by atoms with E-state index in [4.69, 9.17) is 18.9 Å². The lowest BCUT2D eigenvalue weighted by atomic mass is 9.64. The molecule has 5 N–H and O–H groups in total. The highest BCUT2D eigenvalue weighted by molar-refractivity contribution is 7.84. The van der Waals surface area contributed by atoms with Crippen molar-refractivity contribution in [1.82, 2.24) is 21.3 Å². The van der Waals surface area contributed by atoms with Crippen LogP contribution in [0.4, 0.5) is 0 Å². The highest BCUT2D eigenvalue weighted by Crippen LogP contribution is 2.49. The summed E-state index contributed by atoms with van der Waals surface area (Å²) in [6.45, 7) is 26.1. The SMILES string of the molecule is CCNC(=O)C(CC(CC(C)(CC(C)c1cc[nH+]c[n+]1CS(=O)(=O)[O-])c1cc[n+](CS(=O)(=O)[O-])cc1)c1ccccc1)CC(C)(CC(CC(C)(CC(CC(C)(CC(CC(C)(CC)C(=O)OCC)C(=O)OCC)C(=O)NCC)C(=O)NCC)C(=O)OCC)C(=O)OCC)C(=O)NCC. The summed E-state index contributed by atoms with van der Waals surface area (Å²) >= 11 is 0. The van der Waals surface area contributed by atoms with Crippen molar-refractivity contribution in [2.45, 2.75) is 203 Å². The number of carbonyl (C=O) groups is 8. The summed E-state index contributed by atoms with van der Waals surface area (Å²) in [4.78, 5) is 120.